The fourth-order valence-corrected chi connectivity index (χ4v) is 2.06. The Hall–Kier alpha value is -1.04. The van der Waals surface area contributed by atoms with Gasteiger partial charge in [-0.25, -0.2) is 0 Å². The van der Waals surface area contributed by atoms with Crippen molar-refractivity contribution < 1.29 is 0 Å². The highest BCUT2D eigenvalue weighted by Gasteiger charge is 2.08. The molecule has 0 bridgehead atoms. The van der Waals surface area contributed by atoms with Gasteiger partial charge in [-0.05, 0) is 37.2 Å². The SMILES string of the molecule is C=CCCCC(CCC)c1ccccc1. The molecule has 0 fully saturated rings. The number of hydrogen-bond donors (Lipinski definition) is 0. The molecule has 0 aliphatic carbocycles. The first-order valence-corrected chi connectivity index (χ1v) is 6.04. The largest absolute Gasteiger partial charge is 0.103 e. The molecule has 1 rings (SSSR count). The lowest BCUT2D eigenvalue weighted by molar-refractivity contribution is 0.549. The van der Waals surface area contributed by atoms with Crippen LogP contribution in [0.1, 0.15) is 50.5 Å². The van der Waals surface area contributed by atoms with Gasteiger partial charge in [0, 0.05) is 0 Å². The van der Waals surface area contributed by atoms with Crippen molar-refractivity contribution in [1.82, 2.24) is 0 Å². The molecule has 0 N–H and O–H groups in total. The minimum absolute atomic E-state index is 0.746. The summed E-state index contributed by atoms with van der Waals surface area (Å²) in [4.78, 5) is 0. The molecule has 0 radical (unpaired) electrons. The van der Waals surface area contributed by atoms with E-state index in [0.29, 0.717) is 0 Å². The van der Waals surface area contributed by atoms with Gasteiger partial charge in [0.05, 0.1) is 0 Å². The van der Waals surface area contributed by atoms with Gasteiger partial charge in [0.2, 0.25) is 0 Å². The van der Waals surface area contributed by atoms with Gasteiger partial charge in [0.1, 0.15) is 0 Å². The van der Waals surface area contributed by atoms with Crippen molar-refractivity contribution in [2.75, 3.05) is 0 Å². The Kier molecular flexibility index (Phi) is 5.84. The number of hydrogen-bond acceptors (Lipinski definition) is 0. The molecule has 0 saturated heterocycles. The molecule has 1 aromatic rings. The van der Waals surface area contributed by atoms with Crippen molar-refractivity contribution in [2.45, 2.75) is 44.9 Å². The van der Waals surface area contributed by atoms with Gasteiger partial charge in [-0.2, -0.15) is 0 Å². The monoisotopic (exact) mass is 202 g/mol. The molecule has 15 heavy (non-hydrogen) atoms. The molecule has 0 aliphatic heterocycles. The van der Waals surface area contributed by atoms with E-state index in [2.05, 4.69) is 43.8 Å². The summed E-state index contributed by atoms with van der Waals surface area (Å²) in [6.07, 6.45) is 8.31. The lowest BCUT2D eigenvalue weighted by Gasteiger charge is -2.15. The summed E-state index contributed by atoms with van der Waals surface area (Å²) < 4.78 is 0. The highest BCUT2D eigenvalue weighted by molar-refractivity contribution is 5.19. The van der Waals surface area contributed by atoms with Crippen molar-refractivity contribution >= 4 is 0 Å². The summed E-state index contributed by atoms with van der Waals surface area (Å²) >= 11 is 0. The van der Waals surface area contributed by atoms with Crippen LogP contribution in [0.2, 0.25) is 0 Å². The summed E-state index contributed by atoms with van der Waals surface area (Å²) in [5.74, 6) is 0.746. The second kappa shape index (κ2) is 7.28. The van der Waals surface area contributed by atoms with Crippen LogP contribution in [0.3, 0.4) is 0 Å². The molecule has 0 amide bonds. The number of allylic oxidation sites excluding steroid dienone is 1. The fourth-order valence-electron chi connectivity index (χ4n) is 2.06. The predicted molar refractivity (Wildman–Crippen MR) is 68.1 cm³/mol. The molecule has 0 nitrogen and oxygen atoms in total. The summed E-state index contributed by atoms with van der Waals surface area (Å²) in [6.45, 7) is 6.04. The van der Waals surface area contributed by atoms with Gasteiger partial charge >= 0.3 is 0 Å². The molecular weight excluding hydrogens is 180 g/mol. The Morgan fingerprint density at radius 2 is 1.93 bits per heavy atom. The van der Waals surface area contributed by atoms with Crippen LogP contribution in [-0.2, 0) is 0 Å². The van der Waals surface area contributed by atoms with E-state index in [0.717, 1.165) is 12.3 Å². The summed E-state index contributed by atoms with van der Waals surface area (Å²) in [5, 5.41) is 0. The van der Waals surface area contributed by atoms with Crippen molar-refractivity contribution in [3.8, 4) is 0 Å². The number of rotatable bonds is 7. The summed E-state index contributed by atoms with van der Waals surface area (Å²) in [5.41, 5.74) is 1.50. The van der Waals surface area contributed by atoms with Gasteiger partial charge < -0.3 is 0 Å². The van der Waals surface area contributed by atoms with Crippen molar-refractivity contribution in [2.24, 2.45) is 0 Å². The van der Waals surface area contributed by atoms with Crippen LogP contribution in [0.15, 0.2) is 43.0 Å². The first-order chi connectivity index (χ1) is 7.38. The average Bonchev–Trinajstić information content (AvgIpc) is 2.29. The lowest BCUT2D eigenvalue weighted by Crippen LogP contribution is -1.98. The van der Waals surface area contributed by atoms with Crippen molar-refractivity contribution in [1.29, 1.82) is 0 Å². The number of benzene rings is 1. The van der Waals surface area contributed by atoms with Crippen LogP contribution >= 0.6 is 0 Å². The third kappa shape index (κ3) is 4.33. The predicted octanol–water partition coefficient (Wildman–Crippen LogP) is 4.93. The minimum atomic E-state index is 0.746. The van der Waals surface area contributed by atoms with E-state index in [9.17, 15) is 0 Å². The lowest BCUT2D eigenvalue weighted by atomic mass is 9.90. The standard InChI is InChI=1S/C15H22/c1-3-5-7-11-14(10-4-2)15-12-8-6-9-13-15/h3,6,8-9,12-14H,1,4-5,7,10-11H2,2H3. The normalized spacial score (nSPS) is 12.3. The zero-order chi connectivity index (χ0) is 10.9. The van der Waals surface area contributed by atoms with Crippen molar-refractivity contribution in [3.63, 3.8) is 0 Å². The Bertz CT molecular complexity index is 261. The third-order valence-electron chi connectivity index (χ3n) is 2.87. The maximum atomic E-state index is 3.78. The second-order valence-corrected chi connectivity index (χ2v) is 4.12. The first kappa shape index (κ1) is 12.0. The Balaban J connectivity index is 2.53. The Morgan fingerprint density at radius 1 is 1.20 bits per heavy atom. The molecule has 0 aromatic heterocycles. The van der Waals surface area contributed by atoms with Crippen LogP contribution in [0.5, 0.6) is 0 Å². The fraction of sp³-hybridized carbons (Fsp3) is 0.467. The van der Waals surface area contributed by atoms with Crippen LogP contribution in [0.4, 0.5) is 0 Å². The topological polar surface area (TPSA) is 0 Å². The van der Waals surface area contributed by atoms with E-state index < -0.39 is 0 Å². The van der Waals surface area contributed by atoms with E-state index in [4.69, 9.17) is 0 Å². The first-order valence-electron chi connectivity index (χ1n) is 6.04. The van der Waals surface area contributed by atoms with E-state index in [-0.39, 0.29) is 0 Å². The van der Waals surface area contributed by atoms with Gasteiger partial charge in [0.15, 0.2) is 0 Å². The molecule has 82 valence electrons. The smallest absolute Gasteiger partial charge is 0.0162 e. The van der Waals surface area contributed by atoms with Gasteiger partial charge in [-0.15, -0.1) is 6.58 Å². The molecule has 0 spiro atoms. The van der Waals surface area contributed by atoms with Crippen LogP contribution in [-0.4, -0.2) is 0 Å². The van der Waals surface area contributed by atoms with Crippen molar-refractivity contribution in [3.05, 3.63) is 48.6 Å². The highest BCUT2D eigenvalue weighted by atomic mass is 14.1. The quantitative estimate of drug-likeness (QED) is 0.434. The van der Waals surface area contributed by atoms with Crippen LogP contribution < -0.4 is 0 Å². The zero-order valence-corrected chi connectivity index (χ0v) is 9.78. The van der Waals surface area contributed by atoms with E-state index >= 15 is 0 Å². The van der Waals surface area contributed by atoms with Crippen LogP contribution in [0.25, 0.3) is 0 Å². The van der Waals surface area contributed by atoms with Gasteiger partial charge in [-0.3, -0.25) is 0 Å². The Labute approximate surface area is 94.0 Å². The molecule has 0 saturated carbocycles. The molecule has 1 unspecified atom stereocenters. The molecule has 1 aromatic carbocycles. The molecule has 1 atom stereocenters. The van der Waals surface area contributed by atoms with E-state index in [1.807, 2.05) is 6.08 Å². The number of unbranched alkanes of at least 4 members (excludes halogenated alkanes) is 1. The maximum Gasteiger partial charge on any atom is -0.0162 e. The van der Waals surface area contributed by atoms with Gasteiger partial charge in [-0.1, -0.05) is 49.8 Å². The van der Waals surface area contributed by atoms with Gasteiger partial charge in [0.25, 0.3) is 0 Å². The molecule has 0 heterocycles. The van der Waals surface area contributed by atoms with Crippen LogP contribution in [0, 0.1) is 0 Å². The van der Waals surface area contributed by atoms with E-state index in [1.165, 1.54) is 31.2 Å². The zero-order valence-electron chi connectivity index (χ0n) is 9.78. The summed E-state index contributed by atoms with van der Waals surface area (Å²) in [7, 11) is 0. The Morgan fingerprint density at radius 3 is 2.53 bits per heavy atom. The minimum Gasteiger partial charge on any atom is -0.103 e. The molecule has 0 aliphatic rings. The molecule has 0 heteroatoms. The third-order valence-corrected chi connectivity index (χ3v) is 2.87. The summed E-state index contributed by atoms with van der Waals surface area (Å²) in [6, 6.07) is 10.9. The average molecular weight is 202 g/mol. The van der Waals surface area contributed by atoms with E-state index in [1.54, 1.807) is 0 Å². The highest BCUT2D eigenvalue weighted by Crippen LogP contribution is 2.26. The second-order valence-electron chi connectivity index (χ2n) is 4.12. The molecular formula is C15H22. The maximum absolute atomic E-state index is 3.78.